The maximum Gasteiger partial charge on any atom is 0.351 e. The van der Waals surface area contributed by atoms with Gasteiger partial charge in [0.05, 0.1) is 0 Å². The number of anilines is 1. The zero-order valence-corrected chi connectivity index (χ0v) is 11.5. The molecular weight excluding hydrogens is 376 g/mol. The zero-order valence-electron chi connectivity index (χ0n) is 9.35. The molecule has 1 aromatic rings. The molecule has 1 saturated heterocycles. The fraction of sp³-hybridized carbons (Fsp3) is 0.556. The van der Waals surface area contributed by atoms with Crippen LogP contribution >= 0.6 is 22.6 Å². The first-order chi connectivity index (χ1) is 8.75. The third kappa shape index (κ3) is 2.45. The molecule has 0 spiro atoms. The van der Waals surface area contributed by atoms with Gasteiger partial charge in [-0.1, -0.05) is 0 Å². The summed E-state index contributed by atoms with van der Waals surface area (Å²) in [5.74, 6) is -3.42. The van der Waals surface area contributed by atoms with E-state index in [1.165, 1.54) is 6.07 Å². The second-order valence-corrected chi connectivity index (χ2v) is 5.27. The van der Waals surface area contributed by atoms with E-state index in [0.717, 1.165) is 6.20 Å². The molecule has 10 heteroatoms. The minimum Gasteiger partial charge on any atom is -0.387 e. The average Bonchev–Trinajstić information content (AvgIpc) is 2.33. The second kappa shape index (κ2) is 4.94. The number of nitrogen functional groups attached to an aromatic ring is 1. The van der Waals surface area contributed by atoms with Crippen LogP contribution in [-0.4, -0.2) is 47.0 Å². The Kier molecular flexibility index (Phi) is 3.79. The van der Waals surface area contributed by atoms with E-state index in [9.17, 15) is 24.5 Å². The number of hydrogen-bond donors (Lipinski definition) is 4. The SMILES string of the molecule is Nc1ccn(C2OC(I)[C@@H](O)[C@@H](O)[C@@]2(O)F)c(=O)n1. The van der Waals surface area contributed by atoms with Gasteiger partial charge >= 0.3 is 5.69 Å². The highest BCUT2D eigenvalue weighted by molar-refractivity contribution is 14.1. The van der Waals surface area contributed by atoms with Gasteiger partial charge in [0.2, 0.25) is 6.23 Å². The number of ether oxygens (including phenoxy) is 1. The van der Waals surface area contributed by atoms with Gasteiger partial charge in [-0.15, -0.1) is 0 Å². The monoisotopic (exact) mass is 387 g/mol. The molecule has 0 aromatic carbocycles. The van der Waals surface area contributed by atoms with Gasteiger partial charge in [0.15, 0.2) is 0 Å². The third-order valence-corrected chi connectivity index (χ3v) is 3.75. The molecule has 1 aliphatic heterocycles. The summed E-state index contributed by atoms with van der Waals surface area (Å²) in [7, 11) is 0. The van der Waals surface area contributed by atoms with Gasteiger partial charge in [0.1, 0.15) is 22.1 Å². The lowest BCUT2D eigenvalue weighted by Crippen LogP contribution is -2.61. The van der Waals surface area contributed by atoms with E-state index in [1.807, 2.05) is 0 Å². The zero-order chi connectivity index (χ0) is 14.4. The highest BCUT2D eigenvalue weighted by atomic mass is 127. The summed E-state index contributed by atoms with van der Waals surface area (Å²) in [5.41, 5.74) is 4.34. The van der Waals surface area contributed by atoms with Crippen molar-refractivity contribution in [3.63, 3.8) is 0 Å². The molecule has 0 radical (unpaired) electrons. The van der Waals surface area contributed by atoms with Gasteiger partial charge in [-0.25, -0.2) is 9.18 Å². The van der Waals surface area contributed by atoms with E-state index >= 15 is 0 Å². The Morgan fingerprint density at radius 1 is 1.58 bits per heavy atom. The summed E-state index contributed by atoms with van der Waals surface area (Å²) in [6.45, 7) is 0. The fourth-order valence-corrected chi connectivity index (χ4v) is 2.36. The van der Waals surface area contributed by atoms with Crippen LogP contribution in [0.1, 0.15) is 6.23 Å². The number of rotatable bonds is 1. The van der Waals surface area contributed by atoms with Crippen molar-refractivity contribution in [2.24, 2.45) is 0 Å². The van der Waals surface area contributed by atoms with Crippen molar-refractivity contribution in [2.45, 2.75) is 28.4 Å². The van der Waals surface area contributed by atoms with Gasteiger partial charge < -0.3 is 25.8 Å². The van der Waals surface area contributed by atoms with Crippen molar-refractivity contribution in [1.29, 1.82) is 0 Å². The number of hydrogen-bond acceptors (Lipinski definition) is 7. The molecule has 1 aromatic heterocycles. The van der Waals surface area contributed by atoms with Gasteiger partial charge in [-0.2, -0.15) is 4.98 Å². The van der Waals surface area contributed by atoms with Crippen molar-refractivity contribution in [2.75, 3.05) is 5.73 Å². The Morgan fingerprint density at radius 3 is 2.79 bits per heavy atom. The average molecular weight is 387 g/mol. The number of alkyl halides is 2. The van der Waals surface area contributed by atoms with Gasteiger partial charge in [0, 0.05) is 6.20 Å². The molecule has 8 nitrogen and oxygen atoms in total. The molecule has 19 heavy (non-hydrogen) atoms. The molecule has 0 aliphatic carbocycles. The van der Waals surface area contributed by atoms with Crippen LogP contribution in [0.4, 0.5) is 10.2 Å². The van der Waals surface area contributed by atoms with Crippen molar-refractivity contribution in [3.8, 4) is 0 Å². The predicted octanol–water partition coefficient (Wildman–Crippen LogP) is -1.50. The van der Waals surface area contributed by atoms with Gasteiger partial charge in [-0.3, -0.25) is 4.57 Å². The van der Waals surface area contributed by atoms with E-state index in [4.69, 9.17) is 10.5 Å². The summed E-state index contributed by atoms with van der Waals surface area (Å²) in [4.78, 5) is 15.0. The first-order valence-corrected chi connectivity index (χ1v) is 6.41. The van der Waals surface area contributed by atoms with E-state index in [1.54, 1.807) is 22.6 Å². The fourth-order valence-electron chi connectivity index (χ4n) is 1.69. The molecule has 1 aliphatic rings. The Morgan fingerprint density at radius 2 is 2.21 bits per heavy atom. The highest BCUT2D eigenvalue weighted by Gasteiger charge is 2.56. The molecule has 2 heterocycles. The van der Waals surface area contributed by atoms with Crippen molar-refractivity contribution in [1.82, 2.24) is 9.55 Å². The Labute approximate surface area is 119 Å². The summed E-state index contributed by atoms with van der Waals surface area (Å²) in [5, 5.41) is 28.6. The first-order valence-electron chi connectivity index (χ1n) is 5.16. The lowest BCUT2D eigenvalue weighted by atomic mass is 10.0. The molecule has 106 valence electrons. The molecule has 0 saturated carbocycles. The largest absolute Gasteiger partial charge is 0.387 e. The van der Waals surface area contributed by atoms with Crippen molar-refractivity contribution >= 4 is 28.4 Å². The van der Waals surface area contributed by atoms with Crippen LogP contribution in [0.25, 0.3) is 0 Å². The Balaban J connectivity index is 2.45. The van der Waals surface area contributed by atoms with Crippen LogP contribution in [0.5, 0.6) is 0 Å². The number of nitrogens with two attached hydrogens (primary N) is 1. The normalized spacial score (nSPS) is 39.2. The second-order valence-electron chi connectivity index (χ2n) is 4.04. The molecular formula is C9H11FIN3O5. The van der Waals surface area contributed by atoms with E-state index in [2.05, 4.69) is 4.98 Å². The van der Waals surface area contributed by atoms with Gasteiger partial charge in [-0.05, 0) is 28.7 Å². The number of halogens is 2. The number of nitrogens with zero attached hydrogens (tertiary/aromatic N) is 2. The van der Waals surface area contributed by atoms with E-state index < -0.39 is 34.1 Å². The van der Waals surface area contributed by atoms with Gasteiger partial charge in [0.25, 0.3) is 5.85 Å². The first kappa shape index (κ1) is 14.6. The van der Waals surface area contributed by atoms with Crippen LogP contribution in [0, 0.1) is 0 Å². The topological polar surface area (TPSA) is 131 Å². The predicted molar refractivity (Wildman–Crippen MR) is 68.9 cm³/mol. The summed E-state index contributed by atoms with van der Waals surface area (Å²) in [6, 6.07) is 1.21. The van der Waals surface area contributed by atoms with Crippen LogP contribution < -0.4 is 11.4 Å². The standard InChI is InChI=1S/C9H11FIN3O5/c10-9(18)5(16)4(15)6(11)19-7(9)14-2-1-3(12)13-8(14)17/h1-2,4-7,15-16,18H,(H2,12,13,17)/t4-,5+,6?,7?,9-/m0/s1. The lowest BCUT2D eigenvalue weighted by Gasteiger charge is -2.42. The summed E-state index contributed by atoms with van der Waals surface area (Å²) >= 11 is 1.60. The highest BCUT2D eigenvalue weighted by Crippen LogP contribution is 2.38. The number of aromatic nitrogens is 2. The molecule has 0 bridgehead atoms. The number of aliphatic hydroxyl groups excluding tert-OH is 2. The third-order valence-electron chi connectivity index (χ3n) is 2.72. The molecule has 5 atom stereocenters. The smallest absolute Gasteiger partial charge is 0.351 e. The minimum absolute atomic E-state index is 0.0777. The van der Waals surface area contributed by atoms with E-state index in [0.29, 0.717) is 4.57 Å². The maximum absolute atomic E-state index is 14.1. The summed E-state index contributed by atoms with van der Waals surface area (Å²) in [6.07, 6.45) is -4.52. The molecule has 0 amide bonds. The number of aliphatic hydroxyl groups is 3. The van der Waals surface area contributed by atoms with Crippen LogP contribution in [0.2, 0.25) is 0 Å². The van der Waals surface area contributed by atoms with Crippen LogP contribution in [0.3, 0.4) is 0 Å². The maximum atomic E-state index is 14.1. The van der Waals surface area contributed by atoms with Crippen molar-refractivity contribution in [3.05, 3.63) is 22.7 Å². The molecule has 5 N–H and O–H groups in total. The molecule has 1 fully saturated rings. The van der Waals surface area contributed by atoms with Crippen LogP contribution in [-0.2, 0) is 4.74 Å². The van der Waals surface area contributed by atoms with E-state index in [-0.39, 0.29) is 5.82 Å². The minimum atomic E-state index is -3.34. The van der Waals surface area contributed by atoms with Crippen molar-refractivity contribution < 1.29 is 24.4 Å². The lowest BCUT2D eigenvalue weighted by molar-refractivity contribution is -0.323. The molecule has 2 unspecified atom stereocenters. The Hall–Kier alpha value is -0.820. The molecule has 2 rings (SSSR count). The summed E-state index contributed by atoms with van der Waals surface area (Å²) < 4.78 is 18.8. The quantitative estimate of drug-likeness (QED) is 0.341. The van der Waals surface area contributed by atoms with Crippen LogP contribution in [0.15, 0.2) is 17.1 Å². The Bertz CT molecular complexity index is 539.